The predicted octanol–water partition coefficient (Wildman–Crippen LogP) is 1.43. The first-order valence-electron chi connectivity index (χ1n) is 6.31. The second kappa shape index (κ2) is 5.05. The number of aliphatic hydroxyl groups is 1. The lowest BCUT2D eigenvalue weighted by molar-refractivity contribution is 0.169. The fourth-order valence-electron chi connectivity index (χ4n) is 2.23. The number of hydrogen-bond donors (Lipinski definition) is 1. The summed E-state index contributed by atoms with van der Waals surface area (Å²) in [4.78, 5) is 4.21. The van der Waals surface area contributed by atoms with Crippen LogP contribution in [0.5, 0.6) is 17.2 Å². The van der Waals surface area contributed by atoms with E-state index in [-0.39, 0.29) is 6.79 Å². The van der Waals surface area contributed by atoms with Crippen LogP contribution in [0.4, 0.5) is 0 Å². The SMILES string of the molecule is COc1cc(C(O)Cc2nccn2C)cc2c1OCO2. The second-order valence-electron chi connectivity index (χ2n) is 4.63. The number of benzene rings is 1. The van der Waals surface area contributed by atoms with E-state index in [1.54, 1.807) is 25.4 Å². The molecule has 0 spiro atoms. The fraction of sp³-hybridized carbons (Fsp3) is 0.357. The lowest BCUT2D eigenvalue weighted by Gasteiger charge is -2.13. The molecule has 0 saturated heterocycles. The molecule has 6 nitrogen and oxygen atoms in total. The highest BCUT2D eigenvalue weighted by atomic mass is 16.7. The topological polar surface area (TPSA) is 65.7 Å². The highest BCUT2D eigenvalue weighted by molar-refractivity contribution is 5.55. The highest BCUT2D eigenvalue weighted by Gasteiger charge is 2.23. The van der Waals surface area contributed by atoms with Crippen molar-refractivity contribution in [1.82, 2.24) is 9.55 Å². The average molecular weight is 276 g/mol. The largest absolute Gasteiger partial charge is 0.493 e. The Kier molecular flexibility index (Phi) is 3.23. The van der Waals surface area contributed by atoms with Crippen LogP contribution in [0.2, 0.25) is 0 Å². The summed E-state index contributed by atoms with van der Waals surface area (Å²) in [6.45, 7) is 0.171. The number of fused-ring (bicyclic) bond motifs is 1. The predicted molar refractivity (Wildman–Crippen MR) is 71.0 cm³/mol. The third-order valence-electron chi connectivity index (χ3n) is 3.36. The minimum absolute atomic E-state index is 0.171. The van der Waals surface area contributed by atoms with E-state index in [0.29, 0.717) is 29.2 Å². The summed E-state index contributed by atoms with van der Waals surface area (Å²) in [6.07, 6.45) is 3.30. The summed E-state index contributed by atoms with van der Waals surface area (Å²) >= 11 is 0. The molecule has 0 saturated carbocycles. The molecule has 0 amide bonds. The zero-order chi connectivity index (χ0) is 14.1. The molecule has 0 aliphatic carbocycles. The van der Waals surface area contributed by atoms with Crippen molar-refractivity contribution in [2.75, 3.05) is 13.9 Å². The molecule has 20 heavy (non-hydrogen) atoms. The molecule has 2 aromatic rings. The zero-order valence-electron chi connectivity index (χ0n) is 11.4. The van der Waals surface area contributed by atoms with Gasteiger partial charge < -0.3 is 23.9 Å². The van der Waals surface area contributed by atoms with Crippen LogP contribution >= 0.6 is 0 Å². The van der Waals surface area contributed by atoms with Crippen molar-refractivity contribution >= 4 is 0 Å². The molecule has 1 aromatic heterocycles. The number of aryl methyl sites for hydroxylation is 1. The smallest absolute Gasteiger partial charge is 0.231 e. The molecule has 106 valence electrons. The van der Waals surface area contributed by atoms with Gasteiger partial charge in [0.25, 0.3) is 0 Å². The van der Waals surface area contributed by atoms with Crippen molar-refractivity contribution < 1.29 is 19.3 Å². The second-order valence-corrected chi connectivity index (χ2v) is 4.63. The van der Waals surface area contributed by atoms with Gasteiger partial charge in [0.05, 0.1) is 13.2 Å². The van der Waals surface area contributed by atoms with Gasteiger partial charge in [0.1, 0.15) is 5.82 Å². The molecule has 1 unspecified atom stereocenters. The van der Waals surface area contributed by atoms with E-state index in [0.717, 1.165) is 5.82 Å². The van der Waals surface area contributed by atoms with Gasteiger partial charge in [0.2, 0.25) is 12.5 Å². The monoisotopic (exact) mass is 276 g/mol. The van der Waals surface area contributed by atoms with E-state index < -0.39 is 6.10 Å². The molecule has 0 radical (unpaired) electrons. The molecule has 2 heterocycles. The van der Waals surface area contributed by atoms with E-state index >= 15 is 0 Å². The van der Waals surface area contributed by atoms with Crippen LogP contribution in [0.3, 0.4) is 0 Å². The van der Waals surface area contributed by atoms with Gasteiger partial charge in [-0.05, 0) is 17.7 Å². The number of methoxy groups -OCH3 is 1. The Morgan fingerprint density at radius 1 is 1.45 bits per heavy atom. The minimum Gasteiger partial charge on any atom is -0.493 e. The van der Waals surface area contributed by atoms with Gasteiger partial charge in [0, 0.05) is 25.9 Å². The molecular formula is C14H16N2O4. The van der Waals surface area contributed by atoms with E-state index in [1.807, 2.05) is 17.8 Å². The maximum atomic E-state index is 10.4. The van der Waals surface area contributed by atoms with Crippen molar-refractivity contribution in [3.8, 4) is 17.2 Å². The maximum absolute atomic E-state index is 10.4. The van der Waals surface area contributed by atoms with Crippen molar-refractivity contribution in [2.45, 2.75) is 12.5 Å². The Morgan fingerprint density at radius 2 is 2.30 bits per heavy atom. The Hall–Kier alpha value is -2.21. The zero-order valence-corrected chi connectivity index (χ0v) is 11.4. The minimum atomic E-state index is -0.681. The van der Waals surface area contributed by atoms with E-state index in [4.69, 9.17) is 14.2 Å². The van der Waals surface area contributed by atoms with Crippen LogP contribution in [0.1, 0.15) is 17.5 Å². The van der Waals surface area contributed by atoms with Gasteiger partial charge in [0.15, 0.2) is 11.5 Å². The van der Waals surface area contributed by atoms with E-state index in [2.05, 4.69) is 4.98 Å². The van der Waals surface area contributed by atoms with Gasteiger partial charge in [-0.2, -0.15) is 0 Å². The molecule has 1 aliphatic rings. The summed E-state index contributed by atoms with van der Waals surface area (Å²) in [5.74, 6) is 2.56. The van der Waals surface area contributed by atoms with Crippen LogP contribution in [0.25, 0.3) is 0 Å². The van der Waals surface area contributed by atoms with Crippen molar-refractivity contribution in [1.29, 1.82) is 0 Å². The van der Waals surface area contributed by atoms with Crippen molar-refractivity contribution in [3.63, 3.8) is 0 Å². The van der Waals surface area contributed by atoms with Crippen molar-refractivity contribution in [3.05, 3.63) is 35.9 Å². The Labute approximate surface area is 116 Å². The first-order valence-corrected chi connectivity index (χ1v) is 6.31. The van der Waals surface area contributed by atoms with Gasteiger partial charge in [-0.3, -0.25) is 0 Å². The molecule has 3 rings (SSSR count). The molecule has 1 atom stereocenters. The third-order valence-corrected chi connectivity index (χ3v) is 3.36. The summed E-state index contributed by atoms with van der Waals surface area (Å²) < 4.78 is 17.8. The number of ether oxygens (including phenoxy) is 3. The number of rotatable bonds is 4. The van der Waals surface area contributed by atoms with Gasteiger partial charge in [-0.1, -0.05) is 0 Å². The number of imidazole rings is 1. The molecule has 1 N–H and O–H groups in total. The standard InChI is InChI=1S/C14H16N2O4/c1-16-4-3-15-13(16)7-10(17)9-5-11(18-2)14-12(6-9)19-8-20-14/h3-6,10,17H,7-8H2,1-2H3. The fourth-order valence-corrected chi connectivity index (χ4v) is 2.23. The molecule has 6 heteroatoms. The Bertz CT molecular complexity index is 624. The first kappa shape index (κ1) is 12.8. The average Bonchev–Trinajstić information content (AvgIpc) is 3.07. The highest BCUT2D eigenvalue weighted by Crippen LogP contribution is 2.43. The maximum Gasteiger partial charge on any atom is 0.231 e. The van der Waals surface area contributed by atoms with Crippen LogP contribution < -0.4 is 14.2 Å². The number of aromatic nitrogens is 2. The quantitative estimate of drug-likeness (QED) is 0.915. The Morgan fingerprint density at radius 3 is 3.00 bits per heavy atom. The van der Waals surface area contributed by atoms with Crippen LogP contribution in [-0.4, -0.2) is 28.6 Å². The molecule has 1 aliphatic heterocycles. The summed E-state index contributed by atoms with van der Waals surface area (Å²) in [7, 11) is 3.46. The summed E-state index contributed by atoms with van der Waals surface area (Å²) in [5, 5.41) is 10.4. The van der Waals surface area contributed by atoms with Gasteiger partial charge in [-0.25, -0.2) is 4.98 Å². The lowest BCUT2D eigenvalue weighted by atomic mass is 10.0. The van der Waals surface area contributed by atoms with Crippen LogP contribution in [0.15, 0.2) is 24.5 Å². The van der Waals surface area contributed by atoms with Gasteiger partial charge in [-0.15, -0.1) is 0 Å². The van der Waals surface area contributed by atoms with Crippen molar-refractivity contribution in [2.24, 2.45) is 7.05 Å². The molecule has 1 aromatic carbocycles. The summed E-state index contributed by atoms with van der Waals surface area (Å²) in [5.41, 5.74) is 0.717. The number of nitrogens with zero attached hydrogens (tertiary/aromatic N) is 2. The lowest BCUT2D eigenvalue weighted by Crippen LogP contribution is -2.07. The Balaban J connectivity index is 1.88. The molecule has 0 fully saturated rings. The van der Waals surface area contributed by atoms with E-state index in [1.165, 1.54) is 0 Å². The number of hydrogen-bond acceptors (Lipinski definition) is 5. The normalized spacial score (nSPS) is 14.3. The summed E-state index contributed by atoms with van der Waals surface area (Å²) in [6, 6.07) is 3.54. The van der Waals surface area contributed by atoms with Gasteiger partial charge >= 0.3 is 0 Å². The van der Waals surface area contributed by atoms with Crippen LogP contribution in [-0.2, 0) is 13.5 Å². The molecular weight excluding hydrogens is 260 g/mol. The first-order chi connectivity index (χ1) is 9.69. The third kappa shape index (κ3) is 2.18. The van der Waals surface area contributed by atoms with Crippen LogP contribution in [0, 0.1) is 0 Å². The van der Waals surface area contributed by atoms with E-state index in [9.17, 15) is 5.11 Å². The number of aliphatic hydroxyl groups excluding tert-OH is 1. The molecule has 0 bridgehead atoms.